The van der Waals surface area contributed by atoms with Crippen molar-refractivity contribution in [2.45, 2.75) is 26.4 Å². The summed E-state index contributed by atoms with van der Waals surface area (Å²) >= 11 is 1.66. The van der Waals surface area contributed by atoms with Crippen LogP contribution in [0.4, 0.5) is 0 Å². The standard InChI is InChI=1S/C20H22N4O2S/c1-13-7-8-27-18(13)12-23(3)20(26)16-6-4-5-15(9-16)17-10-22-24(11-17)14(2)19(21)25/h4-11,14H,12H2,1-3H3,(H2,21,25)/t14-/m1/s1. The van der Waals surface area contributed by atoms with Crippen molar-refractivity contribution in [2.24, 2.45) is 5.73 Å². The average Bonchev–Trinajstić information content (AvgIpc) is 3.30. The third kappa shape index (κ3) is 4.09. The molecule has 1 aromatic carbocycles. The van der Waals surface area contributed by atoms with Gasteiger partial charge in [0.15, 0.2) is 0 Å². The van der Waals surface area contributed by atoms with E-state index in [2.05, 4.69) is 18.1 Å². The van der Waals surface area contributed by atoms with Crippen LogP contribution in [0.15, 0.2) is 48.1 Å². The van der Waals surface area contributed by atoms with Gasteiger partial charge in [0.25, 0.3) is 5.91 Å². The Bertz CT molecular complexity index is 976. The van der Waals surface area contributed by atoms with Gasteiger partial charge in [0.1, 0.15) is 6.04 Å². The molecular weight excluding hydrogens is 360 g/mol. The Balaban J connectivity index is 1.80. The maximum absolute atomic E-state index is 12.8. The molecule has 27 heavy (non-hydrogen) atoms. The molecule has 2 N–H and O–H groups in total. The molecule has 7 heteroatoms. The number of carbonyl (C=O) groups excluding carboxylic acids is 2. The van der Waals surface area contributed by atoms with Gasteiger partial charge in [-0.15, -0.1) is 11.3 Å². The lowest BCUT2D eigenvalue weighted by Gasteiger charge is -2.17. The van der Waals surface area contributed by atoms with Crippen molar-refractivity contribution in [3.63, 3.8) is 0 Å². The lowest BCUT2D eigenvalue weighted by Crippen LogP contribution is -2.26. The van der Waals surface area contributed by atoms with Crippen LogP contribution in [-0.4, -0.2) is 33.5 Å². The molecule has 0 aliphatic rings. The van der Waals surface area contributed by atoms with E-state index in [-0.39, 0.29) is 5.91 Å². The number of thiophene rings is 1. The second-order valence-electron chi connectivity index (χ2n) is 6.56. The predicted octanol–water partition coefficient (Wildman–Crippen LogP) is 3.24. The van der Waals surface area contributed by atoms with Crippen molar-refractivity contribution in [1.29, 1.82) is 0 Å². The van der Waals surface area contributed by atoms with E-state index in [1.807, 2.05) is 23.6 Å². The second-order valence-corrected chi connectivity index (χ2v) is 7.56. The molecule has 6 nitrogen and oxygen atoms in total. The first-order valence-electron chi connectivity index (χ1n) is 8.59. The van der Waals surface area contributed by atoms with E-state index >= 15 is 0 Å². The van der Waals surface area contributed by atoms with E-state index in [0.29, 0.717) is 12.1 Å². The molecule has 3 aromatic rings. The van der Waals surface area contributed by atoms with Crippen molar-refractivity contribution >= 4 is 23.2 Å². The maximum atomic E-state index is 12.8. The molecule has 0 saturated carbocycles. The SMILES string of the molecule is Cc1ccsc1CN(C)C(=O)c1cccc(-c2cnn([C@H](C)C(N)=O)c2)c1. The summed E-state index contributed by atoms with van der Waals surface area (Å²) in [6.07, 6.45) is 3.43. The first-order chi connectivity index (χ1) is 12.9. The minimum Gasteiger partial charge on any atom is -0.368 e. The summed E-state index contributed by atoms with van der Waals surface area (Å²) in [5.74, 6) is -0.485. The van der Waals surface area contributed by atoms with E-state index in [4.69, 9.17) is 5.73 Å². The highest BCUT2D eigenvalue weighted by Gasteiger charge is 2.16. The topological polar surface area (TPSA) is 81.2 Å². The van der Waals surface area contributed by atoms with Gasteiger partial charge >= 0.3 is 0 Å². The van der Waals surface area contributed by atoms with Crippen LogP contribution in [0.25, 0.3) is 11.1 Å². The fourth-order valence-corrected chi connectivity index (χ4v) is 3.69. The minimum absolute atomic E-state index is 0.0393. The number of aromatic nitrogens is 2. The van der Waals surface area contributed by atoms with Crippen molar-refractivity contribution < 1.29 is 9.59 Å². The van der Waals surface area contributed by atoms with Gasteiger partial charge in [-0.3, -0.25) is 14.3 Å². The normalized spacial score (nSPS) is 12.0. The Morgan fingerprint density at radius 2 is 2.07 bits per heavy atom. The first kappa shape index (κ1) is 18.8. The van der Waals surface area contributed by atoms with Gasteiger partial charge in [-0.25, -0.2) is 0 Å². The highest BCUT2D eigenvalue weighted by molar-refractivity contribution is 7.10. The molecule has 0 saturated heterocycles. The number of hydrogen-bond donors (Lipinski definition) is 1. The molecular formula is C20H22N4O2S. The minimum atomic E-state index is -0.524. The molecule has 0 unspecified atom stereocenters. The van der Waals surface area contributed by atoms with E-state index in [9.17, 15) is 9.59 Å². The summed E-state index contributed by atoms with van der Waals surface area (Å²) in [6, 6.07) is 8.95. The average molecular weight is 382 g/mol. The Kier molecular flexibility index (Phi) is 5.41. The smallest absolute Gasteiger partial charge is 0.253 e. The molecule has 1 atom stereocenters. The Labute approximate surface area is 162 Å². The molecule has 0 fully saturated rings. The fourth-order valence-electron chi connectivity index (χ4n) is 2.73. The summed E-state index contributed by atoms with van der Waals surface area (Å²) < 4.78 is 1.53. The van der Waals surface area contributed by atoms with Gasteiger partial charge in [0, 0.05) is 29.2 Å². The number of primary amides is 1. The molecule has 2 heterocycles. The van der Waals surface area contributed by atoms with Crippen LogP contribution < -0.4 is 5.73 Å². The lowest BCUT2D eigenvalue weighted by atomic mass is 10.1. The quantitative estimate of drug-likeness (QED) is 0.711. The zero-order valence-corrected chi connectivity index (χ0v) is 16.4. The van der Waals surface area contributed by atoms with Crippen LogP contribution in [0.1, 0.15) is 33.8 Å². The summed E-state index contributed by atoms with van der Waals surface area (Å²) in [5, 5.41) is 6.24. The Hall–Kier alpha value is -2.93. The highest BCUT2D eigenvalue weighted by atomic mass is 32.1. The Morgan fingerprint density at radius 3 is 2.74 bits per heavy atom. The van der Waals surface area contributed by atoms with E-state index in [1.54, 1.807) is 48.7 Å². The maximum Gasteiger partial charge on any atom is 0.253 e. The number of nitrogens with two attached hydrogens (primary N) is 1. The molecule has 140 valence electrons. The number of nitrogens with zero attached hydrogens (tertiary/aromatic N) is 3. The zero-order valence-electron chi connectivity index (χ0n) is 15.5. The molecule has 3 rings (SSSR count). The van der Waals surface area contributed by atoms with Crippen molar-refractivity contribution in [1.82, 2.24) is 14.7 Å². The van der Waals surface area contributed by atoms with Gasteiger partial charge in [0.05, 0.1) is 12.7 Å². The molecule has 0 bridgehead atoms. The molecule has 2 aromatic heterocycles. The summed E-state index contributed by atoms with van der Waals surface area (Å²) in [7, 11) is 1.81. The molecule has 0 spiro atoms. The largest absolute Gasteiger partial charge is 0.368 e. The number of benzene rings is 1. The number of amides is 2. The number of carbonyl (C=O) groups is 2. The first-order valence-corrected chi connectivity index (χ1v) is 9.47. The van der Waals surface area contributed by atoms with Crippen molar-refractivity contribution in [2.75, 3.05) is 7.05 Å². The van der Waals surface area contributed by atoms with Crippen LogP contribution in [0.5, 0.6) is 0 Å². The van der Waals surface area contributed by atoms with Crippen LogP contribution >= 0.6 is 11.3 Å². The summed E-state index contributed by atoms with van der Waals surface area (Å²) in [6.45, 7) is 4.33. The summed E-state index contributed by atoms with van der Waals surface area (Å²) in [5.41, 5.74) is 8.83. The van der Waals surface area contributed by atoms with Crippen LogP contribution in [0.3, 0.4) is 0 Å². The zero-order chi connectivity index (χ0) is 19.6. The van der Waals surface area contributed by atoms with E-state index in [1.165, 1.54) is 15.1 Å². The fraction of sp³-hybridized carbons (Fsp3) is 0.250. The predicted molar refractivity (Wildman–Crippen MR) is 106 cm³/mol. The molecule has 2 amide bonds. The molecule has 0 aliphatic heterocycles. The number of hydrogen-bond acceptors (Lipinski definition) is 4. The van der Waals surface area contributed by atoms with E-state index in [0.717, 1.165) is 11.1 Å². The van der Waals surface area contributed by atoms with Crippen molar-refractivity contribution in [3.8, 4) is 11.1 Å². The summed E-state index contributed by atoms with van der Waals surface area (Å²) in [4.78, 5) is 27.1. The van der Waals surface area contributed by atoms with Gasteiger partial charge in [0.2, 0.25) is 5.91 Å². The third-order valence-corrected chi connectivity index (χ3v) is 5.56. The highest BCUT2D eigenvalue weighted by Crippen LogP contribution is 2.23. The monoisotopic (exact) mass is 382 g/mol. The van der Waals surface area contributed by atoms with Crippen molar-refractivity contribution in [3.05, 3.63) is 64.1 Å². The van der Waals surface area contributed by atoms with Crippen LogP contribution in [0.2, 0.25) is 0 Å². The number of aryl methyl sites for hydroxylation is 1. The molecule has 0 radical (unpaired) electrons. The van der Waals surface area contributed by atoms with E-state index < -0.39 is 11.9 Å². The lowest BCUT2D eigenvalue weighted by molar-refractivity contribution is -0.120. The second kappa shape index (κ2) is 7.75. The Morgan fingerprint density at radius 1 is 1.30 bits per heavy atom. The van der Waals surface area contributed by atoms with Gasteiger partial charge in [-0.1, -0.05) is 12.1 Å². The van der Waals surface area contributed by atoms with Gasteiger partial charge < -0.3 is 10.6 Å². The van der Waals surface area contributed by atoms with Gasteiger partial charge in [-0.05, 0) is 48.6 Å². The number of rotatable bonds is 6. The third-order valence-electron chi connectivity index (χ3n) is 4.55. The van der Waals surface area contributed by atoms with Crippen LogP contribution in [-0.2, 0) is 11.3 Å². The van der Waals surface area contributed by atoms with Gasteiger partial charge in [-0.2, -0.15) is 5.10 Å². The van der Waals surface area contributed by atoms with Crippen LogP contribution in [0, 0.1) is 6.92 Å². The molecule has 0 aliphatic carbocycles.